The summed E-state index contributed by atoms with van der Waals surface area (Å²) in [6, 6.07) is 7.19. The van der Waals surface area contributed by atoms with Crippen LogP contribution < -0.4 is 0 Å². The lowest BCUT2D eigenvalue weighted by Gasteiger charge is -2.29. The summed E-state index contributed by atoms with van der Waals surface area (Å²) in [5, 5.41) is 0. The zero-order chi connectivity index (χ0) is 22.5. The number of hydrogen-bond donors (Lipinski definition) is 0. The van der Waals surface area contributed by atoms with Gasteiger partial charge in [0.15, 0.2) is 11.6 Å². The number of halogens is 3. The van der Waals surface area contributed by atoms with Crippen LogP contribution in [0.3, 0.4) is 0 Å². The van der Waals surface area contributed by atoms with Crippen molar-refractivity contribution in [1.82, 2.24) is 0 Å². The molecule has 0 atom stereocenters. The molecule has 32 heavy (non-hydrogen) atoms. The van der Waals surface area contributed by atoms with Gasteiger partial charge in [-0.15, -0.1) is 0 Å². The van der Waals surface area contributed by atoms with Gasteiger partial charge in [0.2, 0.25) is 0 Å². The van der Waals surface area contributed by atoms with Crippen molar-refractivity contribution < 1.29 is 13.2 Å². The monoisotopic (exact) mass is 440 g/mol. The first-order valence-corrected chi connectivity index (χ1v) is 12.5. The summed E-state index contributed by atoms with van der Waals surface area (Å²) >= 11 is 0. The van der Waals surface area contributed by atoms with Gasteiger partial charge in [-0.05, 0) is 66.3 Å². The Kier molecular flexibility index (Phi) is 7.75. The van der Waals surface area contributed by atoms with E-state index in [1.54, 1.807) is 6.07 Å². The molecule has 0 unspecified atom stereocenters. The third-order valence-electron chi connectivity index (χ3n) is 7.62. The first-order valence-electron chi connectivity index (χ1n) is 12.5. The maximum atomic E-state index is 15.2. The Hall–Kier alpha value is -2.03. The van der Waals surface area contributed by atoms with Gasteiger partial charge in [0.25, 0.3) is 0 Å². The fourth-order valence-electron chi connectivity index (χ4n) is 5.57. The molecule has 0 heterocycles. The number of rotatable bonds is 8. The molecule has 2 aromatic rings. The van der Waals surface area contributed by atoms with Crippen molar-refractivity contribution >= 4 is 6.08 Å². The van der Waals surface area contributed by atoms with Crippen LogP contribution in [0.15, 0.2) is 35.9 Å². The van der Waals surface area contributed by atoms with Crippen molar-refractivity contribution in [3.63, 3.8) is 0 Å². The van der Waals surface area contributed by atoms with Gasteiger partial charge in [0.05, 0.1) is 0 Å². The average molecular weight is 441 g/mol. The van der Waals surface area contributed by atoms with E-state index in [9.17, 15) is 8.78 Å². The van der Waals surface area contributed by atoms with Crippen LogP contribution in [0.2, 0.25) is 0 Å². The Morgan fingerprint density at radius 3 is 2.28 bits per heavy atom. The van der Waals surface area contributed by atoms with Crippen LogP contribution in [-0.4, -0.2) is 0 Å². The zero-order valence-corrected chi connectivity index (χ0v) is 19.2. The SMILES string of the molecule is CCCCCC1CCC(CCC2=Cc3ccc(-c4ccc(F)c(F)c4)c(F)c3CC2)CC1. The predicted octanol–water partition coefficient (Wildman–Crippen LogP) is 9.27. The minimum absolute atomic E-state index is 0.301. The third kappa shape index (κ3) is 5.47. The third-order valence-corrected chi connectivity index (χ3v) is 7.62. The Balaban J connectivity index is 1.35. The smallest absolute Gasteiger partial charge is 0.159 e. The topological polar surface area (TPSA) is 0 Å². The average Bonchev–Trinajstić information content (AvgIpc) is 2.81. The van der Waals surface area contributed by atoms with E-state index in [1.807, 2.05) is 6.07 Å². The van der Waals surface area contributed by atoms with Crippen LogP contribution in [0.5, 0.6) is 0 Å². The highest BCUT2D eigenvalue weighted by molar-refractivity contribution is 5.70. The van der Waals surface area contributed by atoms with Crippen LogP contribution in [0.1, 0.15) is 88.7 Å². The predicted molar refractivity (Wildman–Crippen MR) is 127 cm³/mol. The van der Waals surface area contributed by atoms with E-state index in [4.69, 9.17) is 0 Å². The molecule has 0 aliphatic heterocycles. The van der Waals surface area contributed by atoms with Gasteiger partial charge in [-0.25, -0.2) is 13.2 Å². The summed E-state index contributed by atoms with van der Waals surface area (Å²) in [5.74, 6) is -0.371. The molecule has 1 saturated carbocycles. The Labute approximate surface area is 190 Å². The standard InChI is InChI=1S/C29H35F3/c1-2-3-4-5-20-6-8-21(9-7-20)10-11-22-12-15-25-23(18-22)13-16-26(29(25)32)24-14-17-27(30)28(31)19-24/h13-14,16-21H,2-12,15H2,1H3. The normalized spacial score (nSPS) is 20.7. The van der Waals surface area contributed by atoms with Crippen LogP contribution in [0.4, 0.5) is 13.2 Å². The maximum absolute atomic E-state index is 15.2. The molecule has 3 heteroatoms. The van der Waals surface area contributed by atoms with Gasteiger partial charge in [0.1, 0.15) is 5.82 Å². The van der Waals surface area contributed by atoms with E-state index >= 15 is 4.39 Å². The van der Waals surface area contributed by atoms with Crippen molar-refractivity contribution in [3.05, 3.63) is 64.5 Å². The van der Waals surface area contributed by atoms with Crippen LogP contribution >= 0.6 is 0 Å². The van der Waals surface area contributed by atoms with E-state index < -0.39 is 11.6 Å². The lowest BCUT2D eigenvalue weighted by molar-refractivity contribution is 0.249. The van der Waals surface area contributed by atoms with Crippen molar-refractivity contribution in [1.29, 1.82) is 0 Å². The second-order valence-electron chi connectivity index (χ2n) is 9.85. The quantitative estimate of drug-likeness (QED) is 0.359. The van der Waals surface area contributed by atoms with E-state index in [2.05, 4.69) is 13.0 Å². The molecule has 2 aromatic carbocycles. The highest BCUT2D eigenvalue weighted by Crippen LogP contribution is 2.37. The van der Waals surface area contributed by atoms with Gasteiger partial charge in [-0.2, -0.15) is 0 Å². The molecule has 2 aliphatic rings. The lowest BCUT2D eigenvalue weighted by Crippen LogP contribution is -2.15. The zero-order valence-electron chi connectivity index (χ0n) is 19.2. The summed E-state index contributed by atoms with van der Waals surface area (Å²) < 4.78 is 42.0. The van der Waals surface area contributed by atoms with Gasteiger partial charge >= 0.3 is 0 Å². The van der Waals surface area contributed by atoms with E-state index in [-0.39, 0.29) is 5.82 Å². The summed E-state index contributed by atoms with van der Waals surface area (Å²) in [4.78, 5) is 0. The van der Waals surface area contributed by atoms with Gasteiger partial charge < -0.3 is 0 Å². The Bertz CT molecular complexity index is 951. The molecule has 0 spiro atoms. The van der Waals surface area contributed by atoms with Crippen molar-refractivity contribution in [2.75, 3.05) is 0 Å². The largest absolute Gasteiger partial charge is 0.206 e. The summed E-state index contributed by atoms with van der Waals surface area (Å²) in [6.07, 6.45) is 17.1. The number of fused-ring (bicyclic) bond motifs is 1. The molecule has 0 radical (unpaired) electrons. The fourth-order valence-corrected chi connectivity index (χ4v) is 5.57. The molecule has 0 aromatic heterocycles. The van der Waals surface area contributed by atoms with E-state index in [1.165, 1.54) is 69.4 Å². The minimum Gasteiger partial charge on any atom is -0.206 e. The number of benzene rings is 2. The Morgan fingerprint density at radius 2 is 1.56 bits per heavy atom. The molecule has 0 bridgehead atoms. The molecule has 0 nitrogen and oxygen atoms in total. The Morgan fingerprint density at radius 1 is 0.812 bits per heavy atom. The molecular weight excluding hydrogens is 405 g/mol. The highest BCUT2D eigenvalue weighted by atomic mass is 19.2. The molecule has 1 fully saturated rings. The fraction of sp³-hybridized carbons (Fsp3) is 0.517. The molecule has 4 rings (SSSR count). The molecule has 0 N–H and O–H groups in total. The van der Waals surface area contributed by atoms with Crippen LogP contribution in [0, 0.1) is 29.3 Å². The van der Waals surface area contributed by atoms with E-state index in [0.717, 1.165) is 42.4 Å². The molecule has 172 valence electrons. The maximum Gasteiger partial charge on any atom is 0.159 e. The molecule has 0 saturated heterocycles. The van der Waals surface area contributed by atoms with Crippen molar-refractivity contribution in [2.45, 2.75) is 84.0 Å². The summed E-state index contributed by atoms with van der Waals surface area (Å²) in [5.41, 5.74) is 3.78. The van der Waals surface area contributed by atoms with Crippen molar-refractivity contribution in [2.24, 2.45) is 11.8 Å². The van der Waals surface area contributed by atoms with Crippen LogP contribution in [-0.2, 0) is 6.42 Å². The number of hydrogen-bond acceptors (Lipinski definition) is 0. The first kappa shape index (κ1) is 23.1. The van der Waals surface area contributed by atoms with Gasteiger partial charge in [-0.3, -0.25) is 0 Å². The molecule has 0 amide bonds. The summed E-state index contributed by atoms with van der Waals surface area (Å²) in [6.45, 7) is 2.27. The summed E-state index contributed by atoms with van der Waals surface area (Å²) in [7, 11) is 0. The lowest BCUT2D eigenvalue weighted by atomic mass is 9.77. The van der Waals surface area contributed by atoms with E-state index in [0.29, 0.717) is 23.1 Å². The molecule has 2 aliphatic carbocycles. The highest BCUT2D eigenvalue weighted by Gasteiger charge is 2.22. The van der Waals surface area contributed by atoms with Crippen molar-refractivity contribution in [3.8, 4) is 11.1 Å². The molecular formula is C29H35F3. The second kappa shape index (κ2) is 10.7. The second-order valence-corrected chi connectivity index (χ2v) is 9.85. The number of allylic oxidation sites excluding steroid dienone is 1. The van der Waals surface area contributed by atoms with Gasteiger partial charge in [0, 0.05) is 5.56 Å². The number of unbranched alkanes of at least 4 members (excludes halogenated alkanes) is 2. The van der Waals surface area contributed by atoms with Crippen LogP contribution in [0.25, 0.3) is 17.2 Å². The van der Waals surface area contributed by atoms with Gasteiger partial charge in [-0.1, -0.05) is 88.1 Å². The first-order chi connectivity index (χ1) is 15.5. The minimum atomic E-state index is -0.947.